The third-order valence-corrected chi connectivity index (χ3v) is 20.7. The Bertz CT molecular complexity index is 1370. The van der Waals surface area contributed by atoms with Gasteiger partial charge in [-0.3, -0.25) is 0 Å². The highest BCUT2D eigenvalue weighted by atomic mass is 28.4. The van der Waals surface area contributed by atoms with Crippen molar-refractivity contribution < 1.29 is 91.2 Å². The first kappa shape index (κ1) is 75.7. The van der Waals surface area contributed by atoms with Crippen molar-refractivity contribution in [2.24, 2.45) is 0 Å². The fourth-order valence-electron chi connectivity index (χ4n) is 5.83. The van der Waals surface area contributed by atoms with Crippen LogP contribution in [0, 0.1) is 0 Å². The molecule has 24 heteroatoms. The van der Waals surface area contributed by atoms with E-state index in [0.29, 0.717) is 141 Å². The van der Waals surface area contributed by atoms with E-state index in [9.17, 15) is 19.2 Å². The van der Waals surface area contributed by atoms with Crippen molar-refractivity contribution in [2.45, 2.75) is 134 Å². The van der Waals surface area contributed by atoms with Gasteiger partial charge in [0.05, 0.1) is 38.5 Å². The van der Waals surface area contributed by atoms with Gasteiger partial charge in [-0.2, -0.15) is 0 Å². The predicted octanol–water partition coefficient (Wildman–Crippen LogP) is 8.62. The van der Waals surface area contributed by atoms with E-state index >= 15 is 0 Å². The van der Waals surface area contributed by atoms with Gasteiger partial charge in [-0.1, -0.05) is 26.3 Å². The van der Waals surface area contributed by atoms with E-state index in [4.69, 9.17) is 72.1 Å². The summed E-state index contributed by atoms with van der Waals surface area (Å²) < 4.78 is 87.8. The molecule has 0 heterocycles. The summed E-state index contributed by atoms with van der Waals surface area (Å²) in [6, 6.07) is 2.21. The van der Waals surface area contributed by atoms with Crippen LogP contribution >= 0.6 is 0 Å². The summed E-state index contributed by atoms with van der Waals surface area (Å²) in [7, 11) is -10.6. The summed E-state index contributed by atoms with van der Waals surface area (Å²) in [5, 5.41) is 0. The highest BCUT2D eigenvalue weighted by Gasteiger charge is 2.43. The van der Waals surface area contributed by atoms with Crippen LogP contribution in [-0.2, 0) is 91.2 Å². The van der Waals surface area contributed by atoms with Gasteiger partial charge in [-0.05, 0) is 110 Å². The molecule has 72 heavy (non-hydrogen) atoms. The zero-order valence-electron chi connectivity index (χ0n) is 46.7. The number of rotatable bonds is 42. The van der Waals surface area contributed by atoms with Crippen LogP contribution in [0.4, 0.5) is 0 Å². The summed E-state index contributed by atoms with van der Waals surface area (Å²) in [5.74, 6) is -1.62. The average Bonchev–Trinajstić information content (AvgIpc) is 3.33. The third kappa shape index (κ3) is 38.8. The molecule has 0 rings (SSSR count). The van der Waals surface area contributed by atoms with E-state index in [1.54, 1.807) is 13.8 Å². The Labute approximate surface area is 438 Å². The van der Waals surface area contributed by atoms with Crippen LogP contribution in [0.3, 0.4) is 0 Å². The van der Waals surface area contributed by atoms with Crippen LogP contribution in [0.5, 0.6) is 0 Å². The molecule has 20 nitrogen and oxygen atoms in total. The van der Waals surface area contributed by atoms with Crippen LogP contribution < -0.4 is 0 Å². The molecule has 424 valence electrons. The van der Waals surface area contributed by atoms with Crippen molar-refractivity contribution in [2.75, 3.05) is 106 Å². The lowest BCUT2D eigenvalue weighted by molar-refractivity contribution is -0.139. The maximum Gasteiger partial charge on any atom is 0.504 e. The fourth-order valence-corrected chi connectivity index (χ4v) is 15.7. The Morgan fingerprint density at radius 1 is 0.333 bits per heavy atom. The molecular formula is C48H96O20Si4. The average molecular weight is 1110 g/mol. The van der Waals surface area contributed by atoms with Crippen LogP contribution in [-0.4, -0.2) is 165 Å². The first-order valence-electron chi connectivity index (χ1n) is 25.2. The van der Waals surface area contributed by atoms with Crippen molar-refractivity contribution in [3.05, 3.63) is 49.6 Å². The molecule has 0 aliphatic rings. The minimum Gasteiger partial charge on any atom is -0.463 e. The Morgan fingerprint density at radius 2 is 0.528 bits per heavy atom. The lowest BCUT2D eigenvalue weighted by Crippen LogP contribution is -2.47. The monoisotopic (exact) mass is 1100 g/mol. The van der Waals surface area contributed by atoms with Gasteiger partial charge in [-0.25, -0.2) is 19.2 Å². The van der Waals surface area contributed by atoms with Crippen LogP contribution in [0.2, 0.25) is 24.2 Å². The smallest absolute Gasteiger partial charge is 0.463 e. The molecule has 0 aromatic heterocycles. The third-order valence-electron chi connectivity index (χ3n) is 8.43. The second-order valence-electron chi connectivity index (χ2n) is 14.2. The lowest BCUT2D eigenvalue weighted by atomic mass is 10.4. The van der Waals surface area contributed by atoms with Gasteiger partial charge >= 0.3 is 59.1 Å². The molecular weight excluding hydrogens is 1010 g/mol. The molecule has 0 aliphatic carbocycles. The van der Waals surface area contributed by atoms with Crippen molar-refractivity contribution in [1.82, 2.24) is 0 Å². The largest absolute Gasteiger partial charge is 0.504 e. The van der Waals surface area contributed by atoms with Crippen LogP contribution in [0.15, 0.2) is 49.6 Å². The summed E-state index contributed by atoms with van der Waals surface area (Å²) in [4.78, 5) is 44.3. The number of hydrogen-bond donors (Lipinski definition) is 0. The number of esters is 4. The Balaban J connectivity index is -0.000000428. The topological polar surface area (TPSA) is 216 Å². The van der Waals surface area contributed by atoms with E-state index in [0.717, 1.165) is 12.2 Å². The number of carbonyl (C=O) groups excluding carboxylic acids is 4. The predicted molar refractivity (Wildman–Crippen MR) is 285 cm³/mol. The lowest BCUT2D eigenvalue weighted by Gasteiger charge is -2.28. The second kappa shape index (κ2) is 49.1. The Morgan fingerprint density at radius 3 is 0.750 bits per heavy atom. The highest BCUT2D eigenvalue weighted by molar-refractivity contribution is 6.61. The quantitative estimate of drug-likeness (QED) is 0.0184. The molecule has 0 fully saturated rings. The molecule has 0 aliphatic heterocycles. The zero-order valence-corrected chi connectivity index (χ0v) is 50.7. The van der Waals surface area contributed by atoms with E-state index in [-0.39, 0.29) is 19.2 Å². The van der Waals surface area contributed by atoms with E-state index in [2.05, 4.69) is 26.3 Å². The van der Waals surface area contributed by atoms with Crippen molar-refractivity contribution >= 4 is 59.1 Å². The molecule has 0 aromatic rings. The Kier molecular flexibility index (Phi) is 51.7. The van der Waals surface area contributed by atoms with Crippen LogP contribution in [0.25, 0.3) is 0 Å². The van der Waals surface area contributed by atoms with Crippen molar-refractivity contribution in [1.29, 1.82) is 0 Å². The van der Waals surface area contributed by atoms with Gasteiger partial charge in [0.1, 0.15) is 0 Å². The van der Waals surface area contributed by atoms with Gasteiger partial charge in [0.15, 0.2) is 0 Å². The molecule has 0 spiro atoms. The number of hydrogen-bond acceptors (Lipinski definition) is 20. The molecule has 0 saturated carbocycles. The van der Waals surface area contributed by atoms with E-state index < -0.39 is 53.1 Å². The minimum absolute atomic E-state index is 0.219. The SMILES string of the molecule is C=C(C)C(=O)OCCC[Si](OCC)(OCC)OCC.C=C(C)C(=O)OCC[Si](OCC)(OCC)OCC.C=CC(=O)OCCC[Si](OCC)(OCC)OCC.C=CC(=O)OCC[Si](OCC)(OCC)OCC. The summed E-state index contributed by atoms with van der Waals surface area (Å²) in [5.41, 5.74) is 0.787. The molecule has 0 saturated heterocycles. The van der Waals surface area contributed by atoms with Gasteiger partial charge in [0.2, 0.25) is 0 Å². The fraction of sp³-hybridized carbons (Fsp3) is 0.750. The molecule has 0 aromatic carbocycles. The molecule has 0 bridgehead atoms. The van der Waals surface area contributed by atoms with Crippen molar-refractivity contribution in [3.63, 3.8) is 0 Å². The highest BCUT2D eigenvalue weighted by Crippen LogP contribution is 2.21. The first-order chi connectivity index (χ1) is 34.3. The molecule has 0 atom stereocenters. The first-order valence-corrected chi connectivity index (χ1v) is 32.9. The van der Waals surface area contributed by atoms with Gasteiger partial charge < -0.3 is 72.1 Å². The number of carbonyl (C=O) groups is 4. The van der Waals surface area contributed by atoms with Crippen LogP contribution in [0.1, 0.15) is 110 Å². The summed E-state index contributed by atoms with van der Waals surface area (Å²) >= 11 is 0. The summed E-state index contributed by atoms with van der Waals surface area (Å²) in [6.07, 6.45) is 3.60. The van der Waals surface area contributed by atoms with Crippen molar-refractivity contribution in [3.8, 4) is 0 Å². The van der Waals surface area contributed by atoms with Gasteiger partial charge in [0, 0.05) is 115 Å². The van der Waals surface area contributed by atoms with E-state index in [1.807, 2.05) is 83.1 Å². The zero-order chi connectivity index (χ0) is 55.7. The normalized spacial score (nSPS) is 11.3. The summed E-state index contributed by atoms with van der Waals surface area (Å²) in [6.45, 7) is 47.3. The Hall–Kier alpha value is -2.77. The minimum atomic E-state index is -2.70. The molecule has 0 N–H and O–H groups in total. The standard InChI is InChI=1S/C13H26O5Si.2C12H24O5Si.C11H22O5Si/c1-6-16-19(17-7-2,18-8-3)11-9-10-15-13(14)12(4)5;1-6-15-18(16-7-2,17-8-3)10-9-14-12(13)11(4)5;1-5-12(13)14-10-9-11-18(15-6-2,16-7-3)17-8-4;1-5-11(12)13-9-10-17(14-6-2,15-7-3)16-8-4/h4,6-11H2,1-3,5H3;4,6-10H2,1-3,5H3;5H,1,6-11H2,2-4H3;5H,1,6-10H2,2-4H3. The maximum atomic E-state index is 11.3. The maximum absolute atomic E-state index is 11.3. The van der Waals surface area contributed by atoms with Gasteiger partial charge in [-0.15, -0.1) is 0 Å². The number of ether oxygens (including phenoxy) is 4. The molecule has 0 radical (unpaired) electrons. The molecule has 0 unspecified atom stereocenters. The van der Waals surface area contributed by atoms with Gasteiger partial charge in [0.25, 0.3) is 0 Å². The molecule has 0 amide bonds. The van der Waals surface area contributed by atoms with E-state index in [1.165, 1.54) is 0 Å². The second-order valence-corrected chi connectivity index (χ2v) is 25.1.